The molecule has 590 valence electrons. The Morgan fingerprint density at radius 2 is 0.529 bits per heavy atom. The number of aliphatic hydroxyl groups is 1. The first-order valence-electron chi connectivity index (χ1n) is 40.5. The molecule has 0 rings (SSSR count). The Morgan fingerprint density at radius 3 is 0.853 bits per heavy atom. The zero-order valence-electron chi connectivity index (χ0n) is 64.5. The van der Waals surface area contributed by atoms with Crippen LogP contribution in [-0.2, 0) is 65.4 Å². The van der Waals surface area contributed by atoms with Gasteiger partial charge >= 0.3 is 39.5 Å². The Labute approximate surface area is 620 Å². The van der Waals surface area contributed by atoms with Crippen LogP contribution in [0, 0.1) is 0 Å². The molecule has 17 nitrogen and oxygen atoms in total. The summed E-state index contributed by atoms with van der Waals surface area (Å²) in [5, 5.41) is 10.6. The average molecular weight is 1480 g/mol. The maximum atomic E-state index is 13.1. The second-order valence-electron chi connectivity index (χ2n) is 27.0. The van der Waals surface area contributed by atoms with Crippen LogP contribution in [0.5, 0.6) is 0 Å². The van der Waals surface area contributed by atoms with Crippen molar-refractivity contribution < 1.29 is 80.2 Å². The molecule has 0 aromatic carbocycles. The van der Waals surface area contributed by atoms with Crippen molar-refractivity contribution >= 4 is 39.5 Å². The summed E-state index contributed by atoms with van der Waals surface area (Å²) in [5.74, 6) is -2.26. The Hall–Kier alpha value is -4.02. The van der Waals surface area contributed by atoms with E-state index in [0.717, 1.165) is 141 Å². The highest BCUT2D eigenvalue weighted by Crippen LogP contribution is 2.45. The highest BCUT2D eigenvalue weighted by atomic mass is 31.2. The minimum absolute atomic E-state index is 0.0302. The molecule has 0 fully saturated rings. The second kappa shape index (κ2) is 75.2. The minimum Gasteiger partial charge on any atom is -0.462 e. The number of hydrogen-bond donors (Lipinski definition) is 3. The summed E-state index contributed by atoms with van der Waals surface area (Å²) in [5.41, 5.74) is 0. The molecule has 0 heterocycles. The maximum absolute atomic E-state index is 13.1. The van der Waals surface area contributed by atoms with Crippen molar-refractivity contribution in [2.45, 2.75) is 367 Å². The van der Waals surface area contributed by atoms with Crippen molar-refractivity contribution in [2.24, 2.45) is 0 Å². The molecule has 0 aromatic heterocycles. The van der Waals surface area contributed by atoms with Crippen molar-refractivity contribution in [2.75, 3.05) is 39.6 Å². The molecule has 5 atom stereocenters. The van der Waals surface area contributed by atoms with Gasteiger partial charge in [-0.25, -0.2) is 9.13 Å². The summed E-state index contributed by atoms with van der Waals surface area (Å²) < 4.78 is 68.5. The van der Waals surface area contributed by atoms with Gasteiger partial charge in [0.1, 0.15) is 19.3 Å². The molecule has 0 spiro atoms. The average Bonchev–Trinajstić information content (AvgIpc) is 1.21. The molecule has 3 N–H and O–H groups in total. The zero-order valence-corrected chi connectivity index (χ0v) is 66.3. The van der Waals surface area contributed by atoms with Gasteiger partial charge in [-0.2, -0.15) is 0 Å². The number of phosphoric acid groups is 2. The second-order valence-corrected chi connectivity index (χ2v) is 29.9. The summed E-state index contributed by atoms with van der Waals surface area (Å²) in [6.45, 7) is 4.69. The summed E-state index contributed by atoms with van der Waals surface area (Å²) in [6, 6.07) is 0. The molecule has 0 aliphatic heterocycles. The fraction of sp³-hybridized carbons (Fsp3) is 0.759. The fourth-order valence-electron chi connectivity index (χ4n) is 10.9. The summed E-state index contributed by atoms with van der Waals surface area (Å²) in [4.78, 5) is 73.0. The van der Waals surface area contributed by atoms with Crippen LogP contribution in [0.3, 0.4) is 0 Å². The van der Waals surface area contributed by atoms with E-state index in [-0.39, 0.29) is 25.7 Å². The minimum atomic E-state index is -5.00. The Kier molecular flexibility index (Phi) is 72.3. The molecule has 0 aromatic rings. The highest BCUT2D eigenvalue weighted by molar-refractivity contribution is 7.47. The Morgan fingerprint density at radius 1 is 0.284 bits per heavy atom. The number of carbonyl (C=O) groups excluding carboxylic acids is 4. The number of rotatable bonds is 76. The van der Waals surface area contributed by atoms with E-state index < -0.39 is 97.5 Å². The summed E-state index contributed by atoms with van der Waals surface area (Å²) in [6.07, 6.45) is 79.7. The number of carbonyl (C=O) groups is 4. The lowest BCUT2D eigenvalue weighted by molar-refractivity contribution is -0.161. The van der Waals surface area contributed by atoms with Crippen molar-refractivity contribution in [3.8, 4) is 0 Å². The van der Waals surface area contributed by atoms with E-state index in [1.54, 1.807) is 0 Å². The van der Waals surface area contributed by atoms with Crippen molar-refractivity contribution in [1.82, 2.24) is 0 Å². The molecule has 102 heavy (non-hydrogen) atoms. The molecule has 0 bridgehead atoms. The van der Waals surface area contributed by atoms with Gasteiger partial charge in [0.2, 0.25) is 0 Å². The van der Waals surface area contributed by atoms with Gasteiger partial charge in [0.25, 0.3) is 0 Å². The van der Waals surface area contributed by atoms with Crippen LogP contribution in [0.2, 0.25) is 0 Å². The standard InChI is InChI=1S/C83H146O17P2/c1-5-9-13-17-21-25-29-33-36-37-38-39-42-46-50-54-58-62-66-70-83(88)100-79(74-94-81(86)68-64-60-56-52-48-44-40-34-30-26-22-18-14-10-6-2)76-98-102(91,92)96-72-77(84)71-95-101(89,90)97-75-78(73-93-80(85)67-63-59-55-51-47-43-32-28-24-20-16-12-8-4)99-82(87)69-65-61-57-53-49-45-41-35-31-27-23-19-15-11-7-3/h9,13,21,25-27,30-31,33,36,38-39,46,50,58,62,77-79,84H,5-8,10-12,14-20,22-24,28-29,32,34-35,37,40-45,47-49,51-57,59-61,63-76H2,1-4H3,(H,89,90)(H,91,92)/b13-9-,25-21-,30-26-,31-27-,36-33-,39-38-,50-46-,62-58-/t77-,78+,79+/m0/s1. The van der Waals surface area contributed by atoms with Gasteiger partial charge in [-0.05, 0) is 116 Å². The lowest BCUT2D eigenvalue weighted by Crippen LogP contribution is -2.30. The van der Waals surface area contributed by atoms with Crippen LogP contribution in [0.25, 0.3) is 0 Å². The molecule has 2 unspecified atom stereocenters. The van der Waals surface area contributed by atoms with E-state index in [0.29, 0.717) is 32.1 Å². The highest BCUT2D eigenvalue weighted by Gasteiger charge is 2.30. The number of aliphatic hydroxyl groups excluding tert-OH is 1. The van der Waals surface area contributed by atoms with E-state index in [1.165, 1.54) is 122 Å². The van der Waals surface area contributed by atoms with Gasteiger partial charge in [0, 0.05) is 25.7 Å². The van der Waals surface area contributed by atoms with E-state index in [2.05, 4.69) is 107 Å². The third-order valence-electron chi connectivity index (χ3n) is 17.0. The molecule has 0 saturated heterocycles. The maximum Gasteiger partial charge on any atom is 0.472 e. The molecule has 0 saturated carbocycles. The van der Waals surface area contributed by atoms with E-state index in [4.69, 9.17) is 37.0 Å². The smallest absolute Gasteiger partial charge is 0.462 e. The first kappa shape index (κ1) is 98.0. The number of unbranched alkanes of at least 4 members (excludes halogenated alkanes) is 34. The fourth-order valence-corrected chi connectivity index (χ4v) is 12.5. The predicted molar refractivity (Wildman–Crippen MR) is 418 cm³/mol. The van der Waals surface area contributed by atoms with Crippen molar-refractivity contribution in [3.05, 3.63) is 97.2 Å². The first-order valence-corrected chi connectivity index (χ1v) is 43.5. The van der Waals surface area contributed by atoms with Crippen LogP contribution in [0.1, 0.15) is 349 Å². The number of phosphoric ester groups is 2. The van der Waals surface area contributed by atoms with Gasteiger partial charge in [-0.1, -0.05) is 305 Å². The normalized spacial score (nSPS) is 14.4. The van der Waals surface area contributed by atoms with E-state index in [9.17, 15) is 43.2 Å². The molecule has 0 aliphatic carbocycles. The van der Waals surface area contributed by atoms with Crippen molar-refractivity contribution in [1.29, 1.82) is 0 Å². The van der Waals surface area contributed by atoms with Crippen LogP contribution in [0.4, 0.5) is 0 Å². The van der Waals surface area contributed by atoms with Gasteiger partial charge in [-0.3, -0.25) is 37.3 Å². The Bertz CT molecular complexity index is 2310. The number of ether oxygens (including phenoxy) is 4. The molecule has 19 heteroatoms. The quantitative estimate of drug-likeness (QED) is 0.0169. The van der Waals surface area contributed by atoms with E-state index >= 15 is 0 Å². The zero-order chi connectivity index (χ0) is 74.6. The van der Waals surface area contributed by atoms with Gasteiger partial charge in [-0.15, -0.1) is 0 Å². The van der Waals surface area contributed by atoms with Crippen LogP contribution < -0.4 is 0 Å². The van der Waals surface area contributed by atoms with Gasteiger partial charge < -0.3 is 33.8 Å². The number of hydrogen-bond acceptors (Lipinski definition) is 15. The largest absolute Gasteiger partial charge is 0.472 e. The van der Waals surface area contributed by atoms with Gasteiger partial charge in [0.15, 0.2) is 12.2 Å². The third kappa shape index (κ3) is 74.3. The summed E-state index contributed by atoms with van der Waals surface area (Å²) in [7, 11) is -9.97. The molecule has 0 radical (unpaired) electrons. The Balaban J connectivity index is 5.41. The van der Waals surface area contributed by atoms with Crippen LogP contribution in [-0.4, -0.2) is 96.7 Å². The van der Waals surface area contributed by atoms with E-state index in [1.807, 2.05) is 18.2 Å². The number of allylic oxidation sites excluding steroid dienone is 16. The lowest BCUT2D eigenvalue weighted by atomic mass is 10.0. The van der Waals surface area contributed by atoms with Crippen LogP contribution >= 0.6 is 15.6 Å². The topological polar surface area (TPSA) is 237 Å². The molecule has 0 aliphatic rings. The molecule has 0 amide bonds. The van der Waals surface area contributed by atoms with Gasteiger partial charge in [0.05, 0.1) is 26.4 Å². The summed E-state index contributed by atoms with van der Waals surface area (Å²) >= 11 is 0. The first-order chi connectivity index (χ1) is 49.7. The SMILES string of the molecule is CC/C=C\C/C=C\C/C=C\C/C=C\C/C=C\C/C=C\CCC(=O)O[C@H](COC(=O)CCCCCCCCC/C=C\CCCCCC)COP(=O)(O)OC[C@@H](O)COP(=O)(O)OC[C@@H](COC(=O)CCCCCCCCCCCCCCC)OC(=O)CCCCCCCCC/C=C\CCCCCC. The number of esters is 4. The van der Waals surface area contributed by atoms with Crippen LogP contribution in [0.15, 0.2) is 97.2 Å². The monoisotopic (exact) mass is 1480 g/mol. The molecular formula is C83H146O17P2. The predicted octanol–water partition coefficient (Wildman–Crippen LogP) is 23.6. The third-order valence-corrected chi connectivity index (χ3v) is 18.9. The lowest BCUT2D eigenvalue weighted by Gasteiger charge is -2.21. The molecular weight excluding hydrogens is 1330 g/mol. The van der Waals surface area contributed by atoms with Crippen molar-refractivity contribution in [3.63, 3.8) is 0 Å².